The van der Waals surface area contributed by atoms with Crippen molar-refractivity contribution in [3.05, 3.63) is 0 Å². The summed E-state index contributed by atoms with van der Waals surface area (Å²) in [6.45, 7) is 4.23. The molecule has 1 N–H and O–H groups in total. The summed E-state index contributed by atoms with van der Waals surface area (Å²) >= 11 is 0. The van der Waals surface area contributed by atoms with Crippen LogP contribution >= 0.6 is 0 Å². The van der Waals surface area contributed by atoms with Crippen LogP contribution in [0, 0.1) is 5.92 Å². The molecule has 2 heteroatoms. The first-order valence-electron chi connectivity index (χ1n) is 6.30. The summed E-state index contributed by atoms with van der Waals surface area (Å²) in [7, 11) is 0. The molecule has 0 amide bonds. The fourth-order valence-corrected chi connectivity index (χ4v) is 2.24. The highest BCUT2D eigenvalue weighted by atomic mass is 16.3. The van der Waals surface area contributed by atoms with E-state index in [2.05, 4.69) is 13.8 Å². The Morgan fingerprint density at radius 2 is 1.73 bits per heavy atom. The van der Waals surface area contributed by atoms with Crippen LogP contribution in [0.4, 0.5) is 0 Å². The third-order valence-corrected chi connectivity index (χ3v) is 3.40. The average molecular weight is 212 g/mol. The first-order valence-corrected chi connectivity index (χ1v) is 6.30. The third-order valence-electron chi connectivity index (χ3n) is 3.40. The van der Waals surface area contributed by atoms with Gasteiger partial charge in [-0.15, -0.1) is 0 Å². The van der Waals surface area contributed by atoms with Crippen molar-refractivity contribution in [2.24, 2.45) is 5.92 Å². The number of carbonyl (C=O) groups excluding carboxylic acids is 1. The van der Waals surface area contributed by atoms with E-state index in [9.17, 15) is 9.90 Å². The Morgan fingerprint density at radius 1 is 1.20 bits per heavy atom. The third kappa shape index (κ3) is 3.94. The zero-order valence-electron chi connectivity index (χ0n) is 10.1. The van der Waals surface area contributed by atoms with E-state index in [1.165, 1.54) is 12.8 Å². The normalized spacial score (nSPS) is 21.3. The van der Waals surface area contributed by atoms with Gasteiger partial charge in [-0.25, -0.2) is 0 Å². The fourth-order valence-electron chi connectivity index (χ4n) is 2.24. The molecule has 1 fully saturated rings. The molecule has 0 heterocycles. The maximum Gasteiger partial charge on any atom is 0.164 e. The van der Waals surface area contributed by atoms with Gasteiger partial charge in [-0.05, 0) is 25.2 Å². The zero-order chi connectivity index (χ0) is 11.3. The molecule has 0 radical (unpaired) electrons. The highest BCUT2D eigenvalue weighted by molar-refractivity contribution is 5.87. The molecule has 0 spiro atoms. The summed E-state index contributed by atoms with van der Waals surface area (Å²) < 4.78 is 0. The first-order chi connectivity index (χ1) is 7.04. The molecule has 1 rings (SSSR count). The van der Waals surface area contributed by atoms with E-state index in [0.29, 0.717) is 25.2 Å². The number of hydrogen-bond acceptors (Lipinski definition) is 2. The van der Waals surface area contributed by atoms with Gasteiger partial charge in [0.2, 0.25) is 0 Å². The van der Waals surface area contributed by atoms with Crippen molar-refractivity contribution in [1.82, 2.24) is 0 Å². The van der Waals surface area contributed by atoms with Gasteiger partial charge in [0.25, 0.3) is 0 Å². The van der Waals surface area contributed by atoms with Crippen LogP contribution in [0.2, 0.25) is 0 Å². The molecule has 1 aliphatic carbocycles. The summed E-state index contributed by atoms with van der Waals surface area (Å²) in [5.41, 5.74) is -0.981. The van der Waals surface area contributed by atoms with Gasteiger partial charge in [0, 0.05) is 6.42 Å². The minimum absolute atomic E-state index is 0.0816. The monoisotopic (exact) mass is 212 g/mol. The second-order valence-corrected chi connectivity index (χ2v) is 5.30. The topological polar surface area (TPSA) is 37.3 Å². The minimum Gasteiger partial charge on any atom is -0.382 e. The SMILES string of the molecule is CC(C)CCC(=O)C1(O)CCCCCC1. The predicted molar refractivity (Wildman–Crippen MR) is 61.7 cm³/mol. The van der Waals surface area contributed by atoms with Crippen LogP contribution < -0.4 is 0 Å². The quantitative estimate of drug-likeness (QED) is 0.727. The molecule has 0 saturated heterocycles. The van der Waals surface area contributed by atoms with Crippen molar-refractivity contribution in [2.45, 2.75) is 70.8 Å². The summed E-state index contributed by atoms with van der Waals surface area (Å²) in [5.74, 6) is 0.626. The molecule has 2 nitrogen and oxygen atoms in total. The number of ketones is 1. The molecule has 0 aliphatic heterocycles. The summed E-state index contributed by atoms with van der Waals surface area (Å²) in [6, 6.07) is 0. The lowest BCUT2D eigenvalue weighted by molar-refractivity contribution is -0.139. The van der Waals surface area contributed by atoms with E-state index >= 15 is 0 Å². The second kappa shape index (κ2) is 5.64. The Hall–Kier alpha value is -0.370. The highest BCUT2D eigenvalue weighted by Gasteiger charge is 2.34. The van der Waals surface area contributed by atoms with Crippen LogP contribution in [-0.4, -0.2) is 16.5 Å². The van der Waals surface area contributed by atoms with Gasteiger partial charge in [-0.3, -0.25) is 4.79 Å². The van der Waals surface area contributed by atoms with Crippen LogP contribution in [0.1, 0.15) is 65.2 Å². The van der Waals surface area contributed by atoms with Crippen molar-refractivity contribution < 1.29 is 9.90 Å². The van der Waals surface area contributed by atoms with Gasteiger partial charge >= 0.3 is 0 Å². The standard InChI is InChI=1S/C13H24O2/c1-11(2)7-8-12(14)13(15)9-5-3-4-6-10-13/h11,15H,3-10H2,1-2H3. The molecule has 1 saturated carbocycles. The molecule has 88 valence electrons. The minimum atomic E-state index is -0.981. The molecule has 0 unspecified atom stereocenters. The molecular formula is C13H24O2. The molecule has 0 aromatic heterocycles. The summed E-state index contributed by atoms with van der Waals surface area (Å²) in [5, 5.41) is 10.3. The van der Waals surface area contributed by atoms with Gasteiger partial charge in [-0.2, -0.15) is 0 Å². The van der Waals surface area contributed by atoms with E-state index in [0.717, 1.165) is 19.3 Å². The lowest BCUT2D eigenvalue weighted by atomic mass is 9.86. The van der Waals surface area contributed by atoms with E-state index < -0.39 is 5.60 Å². The molecule has 15 heavy (non-hydrogen) atoms. The van der Waals surface area contributed by atoms with E-state index in [4.69, 9.17) is 0 Å². The number of rotatable bonds is 4. The molecule has 0 bridgehead atoms. The van der Waals surface area contributed by atoms with Crippen molar-refractivity contribution in [3.8, 4) is 0 Å². The van der Waals surface area contributed by atoms with Crippen LogP contribution in [0.5, 0.6) is 0 Å². The van der Waals surface area contributed by atoms with Crippen molar-refractivity contribution in [3.63, 3.8) is 0 Å². The van der Waals surface area contributed by atoms with E-state index in [1.807, 2.05) is 0 Å². The number of carbonyl (C=O) groups is 1. The summed E-state index contributed by atoms with van der Waals surface area (Å²) in [6.07, 6.45) is 7.16. The molecule has 0 aromatic carbocycles. The first kappa shape index (κ1) is 12.7. The van der Waals surface area contributed by atoms with E-state index in [1.54, 1.807) is 0 Å². The molecule has 0 aromatic rings. The zero-order valence-corrected chi connectivity index (χ0v) is 10.1. The smallest absolute Gasteiger partial charge is 0.164 e. The van der Waals surface area contributed by atoms with Gasteiger partial charge in [0.1, 0.15) is 5.60 Å². The highest BCUT2D eigenvalue weighted by Crippen LogP contribution is 2.29. The Labute approximate surface area is 93.1 Å². The molecular weight excluding hydrogens is 188 g/mol. The van der Waals surface area contributed by atoms with Gasteiger partial charge in [-0.1, -0.05) is 39.5 Å². The number of aliphatic hydroxyl groups is 1. The maximum absolute atomic E-state index is 11.9. The van der Waals surface area contributed by atoms with Crippen molar-refractivity contribution >= 4 is 5.78 Å². The van der Waals surface area contributed by atoms with Crippen LogP contribution in [0.15, 0.2) is 0 Å². The lowest BCUT2D eigenvalue weighted by Gasteiger charge is -2.25. The Morgan fingerprint density at radius 3 is 2.20 bits per heavy atom. The van der Waals surface area contributed by atoms with Crippen LogP contribution in [0.25, 0.3) is 0 Å². The van der Waals surface area contributed by atoms with Crippen LogP contribution in [0.3, 0.4) is 0 Å². The van der Waals surface area contributed by atoms with Gasteiger partial charge < -0.3 is 5.11 Å². The maximum atomic E-state index is 11.9. The largest absolute Gasteiger partial charge is 0.382 e. The van der Waals surface area contributed by atoms with Crippen molar-refractivity contribution in [2.75, 3.05) is 0 Å². The lowest BCUT2D eigenvalue weighted by Crippen LogP contribution is -2.38. The number of Topliss-reactive ketones (excluding diaryl/α,β-unsaturated/α-hetero) is 1. The Bertz CT molecular complexity index is 201. The second-order valence-electron chi connectivity index (χ2n) is 5.30. The Kier molecular flexibility index (Phi) is 4.78. The van der Waals surface area contributed by atoms with Gasteiger partial charge in [0.15, 0.2) is 5.78 Å². The van der Waals surface area contributed by atoms with Crippen molar-refractivity contribution in [1.29, 1.82) is 0 Å². The van der Waals surface area contributed by atoms with Crippen LogP contribution in [-0.2, 0) is 4.79 Å². The number of hydrogen-bond donors (Lipinski definition) is 1. The summed E-state index contributed by atoms with van der Waals surface area (Å²) in [4.78, 5) is 11.9. The molecule has 1 aliphatic rings. The van der Waals surface area contributed by atoms with Gasteiger partial charge in [0.05, 0.1) is 0 Å². The molecule has 0 atom stereocenters. The average Bonchev–Trinajstić information content (AvgIpc) is 2.40. The Balaban J connectivity index is 2.47. The van der Waals surface area contributed by atoms with E-state index in [-0.39, 0.29) is 5.78 Å². The predicted octanol–water partition coefficient (Wildman–Crippen LogP) is 3.08. The fraction of sp³-hybridized carbons (Fsp3) is 0.923.